The molecule has 12 heavy (non-hydrogen) atoms. The zero-order valence-electron chi connectivity index (χ0n) is 6.23. The average Bonchev–Trinajstić information content (AvgIpc) is 2.12. The molecule has 0 bridgehead atoms. The van der Waals surface area contributed by atoms with Crippen LogP contribution in [0.5, 0.6) is 0 Å². The monoisotopic (exact) mass is 203 g/mol. The standard InChI is InChI=1S/C8H7ClFNS/c9-7-5(10)1-2-6-8(7)12-4-3-11-6/h1-2,11H,3-4H2. The third-order valence-corrected chi connectivity index (χ3v) is 3.32. The number of thioether (sulfide) groups is 1. The van der Waals surface area contributed by atoms with Gasteiger partial charge in [0.25, 0.3) is 0 Å². The van der Waals surface area contributed by atoms with E-state index in [0.29, 0.717) is 0 Å². The Bertz CT molecular complexity index is 316. The largest absolute Gasteiger partial charge is 0.383 e. The molecule has 1 aliphatic heterocycles. The van der Waals surface area contributed by atoms with Crippen molar-refractivity contribution in [1.29, 1.82) is 0 Å². The second kappa shape index (κ2) is 3.15. The lowest BCUT2D eigenvalue weighted by Crippen LogP contribution is -2.10. The summed E-state index contributed by atoms with van der Waals surface area (Å²) in [6.45, 7) is 0.916. The van der Waals surface area contributed by atoms with Crippen LogP contribution in [0.4, 0.5) is 10.1 Å². The summed E-state index contributed by atoms with van der Waals surface area (Å²) in [5.74, 6) is 0.600. The van der Waals surface area contributed by atoms with E-state index in [0.717, 1.165) is 22.9 Å². The van der Waals surface area contributed by atoms with Gasteiger partial charge in [-0.05, 0) is 12.1 Å². The lowest BCUT2D eigenvalue weighted by atomic mass is 10.3. The molecular formula is C8H7ClFNS. The average molecular weight is 204 g/mol. The van der Waals surface area contributed by atoms with Crippen LogP contribution in [-0.4, -0.2) is 12.3 Å². The van der Waals surface area contributed by atoms with Crippen LogP contribution >= 0.6 is 23.4 Å². The fourth-order valence-electron chi connectivity index (χ4n) is 1.15. The molecule has 1 aromatic rings. The van der Waals surface area contributed by atoms with Crippen molar-refractivity contribution in [3.05, 3.63) is 23.0 Å². The molecule has 4 heteroatoms. The van der Waals surface area contributed by atoms with Crippen molar-refractivity contribution in [1.82, 2.24) is 0 Å². The van der Waals surface area contributed by atoms with Gasteiger partial charge in [0.2, 0.25) is 0 Å². The molecule has 0 aromatic heterocycles. The van der Waals surface area contributed by atoms with Gasteiger partial charge >= 0.3 is 0 Å². The molecule has 0 saturated carbocycles. The molecule has 1 N–H and O–H groups in total. The number of hydrogen-bond acceptors (Lipinski definition) is 2. The summed E-state index contributed by atoms with van der Waals surface area (Å²) in [4.78, 5) is 0.836. The molecule has 0 spiro atoms. The van der Waals surface area contributed by atoms with E-state index in [9.17, 15) is 4.39 Å². The first-order chi connectivity index (χ1) is 5.79. The summed E-state index contributed by atoms with van der Waals surface area (Å²) in [5, 5.41) is 3.40. The normalized spacial score (nSPS) is 15.2. The zero-order chi connectivity index (χ0) is 8.55. The molecule has 1 aliphatic rings. The molecular weight excluding hydrogens is 197 g/mol. The fourth-order valence-corrected chi connectivity index (χ4v) is 2.41. The zero-order valence-corrected chi connectivity index (χ0v) is 7.81. The minimum atomic E-state index is -0.341. The molecule has 0 aliphatic carbocycles. The van der Waals surface area contributed by atoms with E-state index in [2.05, 4.69) is 5.32 Å². The van der Waals surface area contributed by atoms with Crippen molar-refractivity contribution in [2.24, 2.45) is 0 Å². The lowest BCUT2D eigenvalue weighted by molar-refractivity contribution is 0.625. The Hall–Kier alpha value is -0.410. The third kappa shape index (κ3) is 1.27. The second-order valence-electron chi connectivity index (χ2n) is 2.51. The molecule has 0 atom stereocenters. The van der Waals surface area contributed by atoms with Crippen molar-refractivity contribution in [3.63, 3.8) is 0 Å². The number of halogens is 2. The predicted octanol–water partition coefficient (Wildman–Crippen LogP) is 3.00. The van der Waals surface area contributed by atoms with Crippen molar-refractivity contribution in [3.8, 4) is 0 Å². The van der Waals surface area contributed by atoms with E-state index in [-0.39, 0.29) is 10.8 Å². The van der Waals surface area contributed by atoms with Gasteiger partial charge in [0.05, 0.1) is 9.92 Å². The summed E-state index contributed by atoms with van der Waals surface area (Å²) < 4.78 is 12.9. The Balaban J connectivity index is 2.54. The summed E-state index contributed by atoms with van der Waals surface area (Å²) in [6.07, 6.45) is 0. The number of anilines is 1. The van der Waals surface area contributed by atoms with E-state index in [1.54, 1.807) is 17.8 Å². The maximum absolute atomic E-state index is 12.9. The van der Waals surface area contributed by atoms with Crippen LogP contribution in [0.25, 0.3) is 0 Å². The topological polar surface area (TPSA) is 12.0 Å². The van der Waals surface area contributed by atoms with Crippen LogP contribution in [0.2, 0.25) is 5.02 Å². The van der Waals surface area contributed by atoms with Gasteiger partial charge in [-0.3, -0.25) is 0 Å². The fraction of sp³-hybridized carbons (Fsp3) is 0.250. The highest BCUT2D eigenvalue weighted by atomic mass is 35.5. The second-order valence-corrected chi connectivity index (χ2v) is 4.00. The van der Waals surface area contributed by atoms with Gasteiger partial charge in [0, 0.05) is 18.0 Å². The SMILES string of the molecule is Fc1ccc2c(c1Cl)SCCN2. The van der Waals surface area contributed by atoms with Gasteiger partial charge in [0.15, 0.2) is 0 Å². The van der Waals surface area contributed by atoms with E-state index in [4.69, 9.17) is 11.6 Å². The first-order valence-corrected chi connectivity index (χ1v) is 5.00. The van der Waals surface area contributed by atoms with E-state index >= 15 is 0 Å². The number of benzene rings is 1. The van der Waals surface area contributed by atoms with Crippen molar-refractivity contribution >= 4 is 29.1 Å². The minimum Gasteiger partial charge on any atom is -0.383 e. The van der Waals surface area contributed by atoms with Crippen LogP contribution in [0.1, 0.15) is 0 Å². The van der Waals surface area contributed by atoms with Crippen LogP contribution in [0, 0.1) is 5.82 Å². The molecule has 1 nitrogen and oxygen atoms in total. The summed E-state index contributed by atoms with van der Waals surface area (Å²) in [5.41, 5.74) is 0.942. The molecule has 0 unspecified atom stereocenters. The van der Waals surface area contributed by atoms with Crippen molar-refractivity contribution < 1.29 is 4.39 Å². The minimum absolute atomic E-state index is 0.240. The maximum atomic E-state index is 12.9. The molecule has 0 fully saturated rings. The molecule has 2 rings (SSSR count). The van der Waals surface area contributed by atoms with Crippen LogP contribution < -0.4 is 5.32 Å². The van der Waals surface area contributed by atoms with E-state index in [1.165, 1.54) is 6.07 Å². The van der Waals surface area contributed by atoms with E-state index in [1.807, 2.05) is 0 Å². The molecule has 1 aromatic carbocycles. The van der Waals surface area contributed by atoms with Gasteiger partial charge in [0.1, 0.15) is 5.82 Å². The number of fused-ring (bicyclic) bond motifs is 1. The van der Waals surface area contributed by atoms with Crippen molar-refractivity contribution in [2.75, 3.05) is 17.6 Å². The highest BCUT2D eigenvalue weighted by Gasteiger charge is 2.14. The van der Waals surface area contributed by atoms with Gasteiger partial charge in [-0.25, -0.2) is 4.39 Å². The van der Waals surface area contributed by atoms with Crippen LogP contribution in [0.3, 0.4) is 0 Å². The van der Waals surface area contributed by atoms with Gasteiger partial charge in [-0.2, -0.15) is 0 Å². The highest BCUT2D eigenvalue weighted by Crippen LogP contribution is 2.38. The Kier molecular flexibility index (Phi) is 2.15. The summed E-state index contributed by atoms with van der Waals surface area (Å²) in [7, 11) is 0. The highest BCUT2D eigenvalue weighted by molar-refractivity contribution is 7.99. The Morgan fingerprint density at radius 1 is 1.50 bits per heavy atom. The number of nitrogens with one attached hydrogen (secondary N) is 1. The van der Waals surface area contributed by atoms with Gasteiger partial charge in [-0.15, -0.1) is 11.8 Å². The predicted molar refractivity (Wildman–Crippen MR) is 50.6 cm³/mol. The smallest absolute Gasteiger partial charge is 0.143 e. The number of hydrogen-bond donors (Lipinski definition) is 1. The molecule has 0 saturated heterocycles. The number of rotatable bonds is 0. The van der Waals surface area contributed by atoms with Crippen molar-refractivity contribution in [2.45, 2.75) is 4.90 Å². The Morgan fingerprint density at radius 3 is 3.17 bits per heavy atom. The third-order valence-electron chi connectivity index (χ3n) is 1.71. The molecule has 64 valence electrons. The molecule has 0 radical (unpaired) electrons. The first-order valence-electron chi connectivity index (χ1n) is 3.64. The summed E-state index contributed by atoms with van der Waals surface area (Å²) in [6, 6.07) is 3.11. The molecule has 1 heterocycles. The van der Waals surface area contributed by atoms with Crippen LogP contribution in [0.15, 0.2) is 17.0 Å². The quantitative estimate of drug-likeness (QED) is 0.696. The maximum Gasteiger partial charge on any atom is 0.143 e. The van der Waals surface area contributed by atoms with E-state index < -0.39 is 0 Å². The van der Waals surface area contributed by atoms with Gasteiger partial charge < -0.3 is 5.32 Å². The summed E-state index contributed by atoms with van der Waals surface area (Å²) >= 11 is 7.37. The Morgan fingerprint density at radius 2 is 2.33 bits per heavy atom. The molecule has 0 amide bonds. The lowest BCUT2D eigenvalue weighted by Gasteiger charge is -2.18. The first kappa shape index (κ1) is 8.20. The van der Waals surface area contributed by atoms with Crippen LogP contribution in [-0.2, 0) is 0 Å². The Labute approximate surface area is 79.3 Å². The van der Waals surface area contributed by atoms with Gasteiger partial charge in [-0.1, -0.05) is 11.6 Å².